The van der Waals surface area contributed by atoms with Gasteiger partial charge in [0.1, 0.15) is 5.54 Å². The van der Waals surface area contributed by atoms with E-state index in [2.05, 4.69) is 10.1 Å². The van der Waals surface area contributed by atoms with Crippen molar-refractivity contribution in [1.29, 1.82) is 0 Å². The van der Waals surface area contributed by atoms with Gasteiger partial charge in [0, 0.05) is 0 Å². The molecule has 0 aromatic heterocycles. The highest BCUT2D eigenvalue weighted by molar-refractivity contribution is 5.80. The average molecular weight is 270 g/mol. The van der Waals surface area contributed by atoms with Crippen molar-refractivity contribution in [2.45, 2.75) is 31.5 Å². The fourth-order valence-corrected chi connectivity index (χ4v) is 1.64. The van der Waals surface area contributed by atoms with Gasteiger partial charge in [0.25, 0.3) is 0 Å². The number of halogens is 3. The van der Waals surface area contributed by atoms with Crippen LogP contribution in [0.2, 0.25) is 0 Å². The van der Waals surface area contributed by atoms with Crippen LogP contribution in [0.15, 0.2) is 0 Å². The monoisotopic (exact) mass is 270 g/mol. The van der Waals surface area contributed by atoms with Crippen LogP contribution in [0.4, 0.5) is 13.2 Å². The zero-order valence-electron chi connectivity index (χ0n) is 11.2. The molecule has 7 heteroatoms. The van der Waals surface area contributed by atoms with Gasteiger partial charge in [-0.15, -0.1) is 0 Å². The summed E-state index contributed by atoms with van der Waals surface area (Å²) in [4.78, 5) is 12.7. The van der Waals surface area contributed by atoms with Crippen molar-refractivity contribution in [3.63, 3.8) is 0 Å². The number of ether oxygens (including phenoxy) is 1. The van der Waals surface area contributed by atoms with Crippen molar-refractivity contribution >= 4 is 5.97 Å². The second-order valence-electron chi connectivity index (χ2n) is 4.53. The Kier molecular flexibility index (Phi) is 6.62. The number of hydrogen-bond donors (Lipinski definition) is 1. The molecule has 0 heterocycles. The number of nitrogens with one attached hydrogen (secondary N) is 1. The van der Waals surface area contributed by atoms with E-state index in [1.807, 2.05) is 0 Å². The van der Waals surface area contributed by atoms with Gasteiger partial charge < -0.3 is 10.1 Å². The minimum atomic E-state index is -4.19. The minimum Gasteiger partial charge on any atom is -0.468 e. The zero-order chi connectivity index (χ0) is 14.4. The maximum absolute atomic E-state index is 12.1. The number of nitrogens with zero attached hydrogens (tertiary/aromatic N) is 1. The van der Waals surface area contributed by atoms with Crippen LogP contribution in [-0.2, 0) is 9.53 Å². The Morgan fingerprint density at radius 3 is 2.33 bits per heavy atom. The van der Waals surface area contributed by atoms with Gasteiger partial charge in [-0.25, -0.2) is 0 Å². The van der Waals surface area contributed by atoms with Gasteiger partial charge in [0.2, 0.25) is 0 Å². The van der Waals surface area contributed by atoms with E-state index in [9.17, 15) is 18.0 Å². The number of hydrogen-bond acceptors (Lipinski definition) is 4. The second kappa shape index (κ2) is 6.94. The Morgan fingerprint density at radius 2 is 1.94 bits per heavy atom. The molecule has 1 atom stereocenters. The molecule has 0 aromatic rings. The number of carbonyl (C=O) groups excluding carboxylic acids is 1. The summed E-state index contributed by atoms with van der Waals surface area (Å²) < 4.78 is 40.9. The number of carbonyl (C=O) groups is 1. The highest BCUT2D eigenvalue weighted by Gasteiger charge is 2.33. The number of likely N-dealkylation sites (N-methyl/N-ethyl adjacent to an activating group) is 1. The van der Waals surface area contributed by atoms with Crippen LogP contribution in [0.5, 0.6) is 0 Å². The average Bonchev–Trinajstić information content (AvgIpc) is 2.25. The molecule has 0 saturated carbocycles. The minimum absolute atomic E-state index is 0.272. The molecule has 0 spiro atoms. The standard InChI is InChI=1S/C11H21F3N2O2/c1-10(15-2,9(17)18-4)6-5-7-16(3)8-11(12,13)14/h15H,5-8H2,1-4H3. The van der Waals surface area contributed by atoms with Crippen molar-refractivity contribution in [3.8, 4) is 0 Å². The van der Waals surface area contributed by atoms with Crippen molar-refractivity contribution < 1.29 is 22.7 Å². The summed E-state index contributed by atoms with van der Waals surface area (Å²) in [5.74, 6) is -0.413. The lowest BCUT2D eigenvalue weighted by atomic mass is 9.96. The van der Waals surface area contributed by atoms with Crippen molar-refractivity contribution in [1.82, 2.24) is 10.2 Å². The molecule has 0 saturated heterocycles. The Hall–Kier alpha value is -0.820. The van der Waals surface area contributed by atoms with Crippen LogP contribution in [-0.4, -0.2) is 56.9 Å². The van der Waals surface area contributed by atoms with E-state index in [-0.39, 0.29) is 6.54 Å². The first-order valence-corrected chi connectivity index (χ1v) is 5.67. The first kappa shape index (κ1) is 17.2. The van der Waals surface area contributed by atoms with Crippen LogP contribution in [0.25, 0.3) is 0 Å². The summed E-state index contributed by atoms with van der Waals surface area (Å²) >= 11 is 0. The molecule has 0 fully saturated rings. The first-order valence-electron chi connectivity index (χ1n) is 5.67. The zero-order valence-corrected chi connectivity index (χ0v) is 11.2. The molecule has 1 unspecified atom stereocenters. The van der Waals surface area contributed by atoms with Gasteiger partial charge in [0.15, 0.2) is 0 Å². The van der Waals surface area contributed by atoms with Crippen LogP contribution in [0.1, 0.15) is 19.8 Å². The van der Waals surface area contributed by atoms with E-state index in [1.54, 1.807) is 14.0 Å². The summed E-state index contributed by atoms with van der Waals surface area (Å²) in [5.41, 5.74) is -0.853. The fourth-order valence-electron chi connectivity index (χ4n) is 1.64. The molecule has 0 amide bonds. The predicted molar refractivity (Wildman–Crippen MR) is 62.3 cm³/mol. The molecule has 18 heavy (non-hydrogen) atoms. The molecule has 0 aliphatic carbocycles. The smallest absolute Gasteiger partial charge is 0.401 e. The number of esters is 1. The molecular formula is C11H21F3N2O2. The summed E-state index contributed by atoms with van der Waals surface area (Å²) in [6.07, 6.45) is -3.30. The fraction of sp³-hybridized carbons (Fsp3) is 0.909. The van der Waals surface area contributed by atoms with E-state index in [4.69, 9.17) is 0 Å². The van der Waals surface area contributed by atoms with Crippen molar-refractivity contribution in [2.24, 2.45) is 0 Å². The van der Waals surface area contributed by atoms with Crippen molar-refractivity contribution in [2.75, 3.05) is 34.3 Å². The highest BCUT2D eigenvalue weighted by atomic mass is 19.4. The molecule has 4 nitrogen and oxygen atoms in total. The number of alkyl halides is 3. The molecule has 108 valence electrons. The van der Waals surface area contributed by atoms with Gasteiger partial charge >= 0.3 is 12.1 Å². The maximum Gasteiger partial charge on any atom is 0.401 e. The molecule has 1 N–H and O–H groups in total. The van der Waals surface area contributed by atoms with Gasteiger partial charge in [-0.1, -0.05) is 0 Å². The van der Waals surface area contributed by atoms with E-state index in [1.165, 1.54) is 19.1 Å². The lowest BCUT2D eigenvalue weighted by Crippen LogP contribution is -2.48. The van der Waals surface area contributed by atoms with Crippen LogP contribution in [0, 0.1) is 0 Å². The molecular weight excluding hydrogens is 249 g/mol. The molecule has 0 radical (unpaired) electrons. The van der Waals surface area contributed by atoms with Gasteiger partial charge in [0.05, 0.1) is 13.7 Å². The van der Waals surface area contributed by atoms with Gasteiger partial charge in [-0.3, -0.25) is 9.69 Å². The van der Waals surface area contributed by atoms with Gasteiger partial charge in [-0.2, -0.15) is 13.2 Å². The lowest BCUT2D eigenvalue weighted by molar-refractivity contribution is -0.149. The van der Waals surface area contributed by atoms with E-state index in [0.29, 0.717) is 12.8 Å². The topological polar surface area (TPSA) is 41.6 Å². The Morgan fingerprint density at radius 1 is 1.39 bits per heavy atom. The van der Waals surface area contributed by atoms with Crippen molar-refractivity contribution in [3.05, 3.63) is 0 Å². The third kappa shape index (κ3) is 6.20. The maximum atomic E-state index is 12.1. The lowest BCUT2D eigenvalue weighted by Gasteiger charge is -2.27. The summed E-state index contributed by atoms with van der Waals surface area (Å²) in [7, 11) is 4.31. The van der Waals surface area contributed by atoms with E-state index < -0.39 is 24.2 Å². The molecule has 0 aromatic carbocycles. The normalized spacial score (nSPS) is 15.6. The van der Waals surface area contributed by atoms with E-state index in [0.717, 1.165) is 0 Å². The quantitative estimate of drug-likeness (QED) is 0.710. The molecule has 0 bridgehead atoms. The SMILES string of the molecule is CNC(C)(CCCN(C)CC(F)(F)F)C(=O)OC. The van der Waals surface area contributed by atoms with Crippen LogP contribution in [0.3, 0.4) is 0 Å². The predicted octanol–water partition coefficient (Wildman–Crippen LogP) is 1.41. The summed E-state index contributed by atoms with van der Waals surface area (Å²) in [6, 6.07) is 0. The number of rotatable bonds is 7. The number of methoxy groups -OCH3 is 1. The molecule has 0 aliphatic heterocycles. The first-order chi connectivity index (χ1) is 8.14. The molecule has 0 rings (SSSR count). The summed E-state index contributed by atoms with van der Waals surface area (Å²) in [6.45, 7) is 0.998. The van der Waals surface area contributed by atoms with E-state index >= 15 is 0 Å². The Balaban J connectivity index is 4.13. The highest BCUT2D eigenvalue weighted by Crippen LogP contribution is 2.17. The summed E-state index contributed by atoms with van der Waals surface area (Å²) in [5, 5.41) is 2.84. The Bertz CT molecular complexity index is 272. The van der Waals surface area contributed by atoms with Gasteiger partial charge in [-0.05, 0) is 40.4 Å². The molecule has 0 aliphatic rings. The third-order valence-electron chi connectivity index (χ3n) is 2.85. The largest absolute Gasteiger partial charge is 0.468 e. The Labute approximate surface area is 105 Å². The van der Waals surface area contributed by atoms with Crippen LogP contribution < -0.4 is 5.32 Å². The van der Waals surface area contributed by atoms with Crippen LogP contribution >= 0.6 is 0 Å². The third-order valence-corrected chi connectivity index (χ3v) is 2.85. The second-order valence-corrected chi connectivity index (χ2v) is 4.53.